The molecule has 1 aliphatic heterocycles. The maximum absolute atomic E-state index is 12.7. The average Bonchev–Trinajstić information content (AvgIpc) is 2.68. The Balaban J connectivity index is 2.72. The summed E-state index contributed by atoms with van der Waals surface area (Å²) in [5, 5.41) is 9.03. The summed E-state index contributed by atoms with van der Waals surface area (Å²) in [4.78, 5) is 27.0. The standard InChI is InChI=1S/C16H30N2O3/c1-5-13(4)18(11-15(19)20)16(21)17-9-6-7-14(8-10-17)12(2)3/h12-14H,5-11H2,1-4H3,(H,19,20). The third-order valence-corrected chi connectivity index (χ3v) is 4.66. The zero-order chi connectivity index (χ0) is 16.0. The number of carbonyl (C=O) groups is 2. The highest BCUT2D eigenvalue weighted by molar-refractivity contribution is 5.80. The van der Waals surface area contributed by atoms with Gasteiger partial charge in [-0.05, 0) is 44.4 Å². The number of carboxylic acids is 1. The Morgan fingerprint density at radius 1 is 1.24 bits per heavy atom. The maximum Gasteiger partial charge on any atom is 0.323 e. The smallest absolute Gasteiger partial charge is 0.323 e. The van der Waals surface area contributed by atoms with E-state index in [1.165, 1.54) is 4.90 Å². The van der Waals surface area contributed by atoms with Crippen molar-refractivity contribution in [1.29, 1.82) is 0 Å². The van der Waals surface area contributed by atoms with Crippen molar-refractivity contribution in [3.8, 4) is 0 Å². The second kappa shape index (κ2) is 8.25. The normalized spacial score (nSPS) is 21.0. The Morgan fingerprint density at radius 2 is 1.90 bits per heavy atom. The van der Waals surface area contributed by atoms with Crippen LogP contribution in [-0.4, -0.2) is 52.6 Å². The monoisotopic (exact) mass is 298 g/mol. The van der Waals surface area contributed by atoms with E-state index in [0.717, 1.165) is 38.8 Å². The van der Waals surface area contributed by atoms with Crippen molar-refractivity contribution in [2.75, 3.05) is 19.6 Å². The van der Waals surface area contributed by atoms with Gasteiger partial charge in [0.05, 0.1) is 0 Å². The first-order chi connectivity index (χ1) is 9.86. The van der Waals surface area contributed by atoms with Gasteiger partial charge in [-0.1, -0.05) is 20.8 Å². The molecule has 21 heavy (non-hydrogen) atoms. The summed E-state index contributed by atoms with van der Waals surface area (Å²) in [6, 6.07) is -0.158. The third-order valence-electron chi connectivity index (χ3n) is 4.66. The van der Waals surface area contributed by atoms with Crippen LogP contribution in [-0.2, 0) is 4.79 Å². The van der Waals surface area contributed by atoms with E-state index < -0.39 is 5.97 Å². The second-order valence-electron chi connectivity index (χ2n) is 6.48. The summed E-state index contributed by atoms with van der Waals surface area (Å²) in [6.45, 7) is 9.64. The number of rotatable bonds is 5. The van der Waals surface area contributed by atoms with Gasteiger partial charge >= 0.3 is 12.0 Å². The van der Waals surface area contributed by atoms with Crippen molar-refractivity contribution in [1.82, 2.24) is 9.80 Å². The summed E-state index contributed by atoms with van der Waals surface area (Å²) in [5.41, 5.74) is 0. The topological polar surface area (TPSA) is 60.9 Å². The van der Waals surface area contributed by atoms with E-state index in [9.17, 15) is 9.59 Å². The van der Waals surface area contributed by atoms with Crippen molar-refractivity contribution < 1.29 is 14.7 Å². The molecule has 2 atom stereocenters. The lowest BCUT2D eigenvalue weighted by molar-refractivity contribution is -0.138. The molecule has 0 aromatic carbocycles. The minimum absolute atomic E-state index is 0.0438. The van der Waals surface area contributed by atoms with E-state index in [-0.39, 0.29) is 18.6 Å². The number of carboxylic acid groups (broad SMARTS) is 1. The summed E-state index contributed by atoms with van der Waals surface area (Å²) < 4.78 is 0. The fraction of sp³-hybridized carbons (Fsp3) is 0.875. The molecule has 5 nitrogen and oxygen atoms in total. The van der Waals surface area contributed by atoms with Gasteiger partial charge < -0.3 is 14.9 Å². The van der Waals surface area contributed by atoms with Crippen LogP contribution in [0.1, 0.15) is 53.4 Å². The molecule has 0 spiro atoms. The van der Waals surface area contributed by atoms with Gasteiger partial charge in [-0.3, -0.25) is 4.79 Å². The lowest BCUT2D eigenvalue weighted by Gasteiger charge is -2.33. The van der Waals surface area contributed by atoms with Gasteiger partial charge in [0.1, 0.15) is 6.54 Å². The largest absolute Gasteiger partial charge is 0.480 e. The summed E-state index contributed by atoms with van der Waals surface area (Å²) >= 11 is 0. The molecule has 0 aromatic rings. The maximum atomic E-state index is 12.7. The van der Waals surface area contributed by atoms with Crippen LogP contribution >= 0.6 is 0 Å². The van der Waals surface area contributed by atoms with Crippen LogP contribution in [0.2, 0.25) is 0 Å². The number of aliphatic carboxylic acids is 1. The molecule has 1 heterocycles. The molecule has 2 unspecified atom stereocenters. The molecular weight excluding hydrogens is 268 g/mol. The summed E-state index contributed by atoms with van der Waals surface area (Å²) in [7, 11) is 0. The first-order valence-electron chi connectivity index (χ1n) is 8.14. The SMILES string of the molecule is CCC(C)N(CC(=O)O)C(=O)N1CCCC(C(C)C)CC1. The van der Waals surface area contributed by atoms with Crippen molar-refractivity contribution in [2.45, 2.75) is 59.4 Å². The molecule has 5 heteroatoms. The predicted molar refractivity (Wildman–Crippen MR) is 83.2 cm³/mol. The van der Waals surface area contributed by atoms with Crippen LogP contribution < -0.4 is 0 Å². The quantitative estimate of drug-likeness (QED) is 0.848. The molecule has 0 aliphatic carbocycles. The van der Waals surface area contributed by atoms with Gasteiger partial charge in [0, 0.05) is 19.1 Å². The van der Waals surface area contributed by atoms with E-state index in [1.807, 2.05) is 18.7 Å². The van der Waals surface area contributed by atoms with Crippen molar-refractivity contribution in [3.63, 3.8) is 0 Å². The molecule has 2 amide bonds. The molecule has 0 radical (unpaired) electrons. The molecule has 1 aliphatic rings. The number of urea groups is 1. The molecule has 1 N–H and O–H groups in total. The Bertz CT molecular complexity index is 357. The van der Waals surface area contributed by atoms with Gasteiger partial charge in [-0.15, -0.1) is 0 Å². The number of hydrogen-bond acceptors (Lipinski definition) is 2. The molecular formula is C16H30N2O3. The predicted octanol–water partition coefficient (Wildman–Crippen LogP) is 3.05. The Labute approximate surface area is 128 Å². The number of nitrogens with zero attached hydrogens (tertiary/aromatic N) is 2. The van der Waals surface area contributed by atoms with Crippen LogP contribution in [0.4, 0.5) is 4.79 Å². The highest BCUT2D eigenvalue weighted by atomic mass is 16.4. The lowest BCUT2D eigenvalue weighted by Crippen LogP contribution is -2.49. The molecule has 0 saturated carbocycles. The minimum Gasteiger partial charge on any atom is -0.480 e. The first-order valence-corrected chi connectivity index (χ1v) is 8.14. The molecule has 1 saturated heterocycles. The van der Waals surface area contributed by atoms with E-state index in [0.29, 0.717) is 11.8 Å². The van der Waals surface area contributed by atoms with E-state index in [1.54, 1.807) is 0 Å². The van der Waals surface area contributed by atoms with Crippen molar-refractivity contribution in [2.24, 2.45) is 11.8 Å². The zero-order valence-corrected chi connectivity index (χ0v) is 13.8. The van der Waals surface area contributed by atoms with Crippen molar-refractivity contribution in [3.05, 3.63) is 0 Å². The Morgan fingerprint density at radius 3 is 2.43 bits per heavy atom. The van der Waals surface area contributed by atoms with Crippen LogP contribution in [0.25, 0.3) is 0 Å². The van der Waals surface area contributed by atoms with E-state index in [4.69, 9.17) is 5.11 Å². The Kier molecular flexibility index (Phi) is 6.99. The van der Waals surface area contributed by atoms with Crippen LogP contribution in [0, 0.1) is 11.8 Å². The molecule has 1 fully saturated rings. The van der Waals surface area contributed by atoms with Crippen molar-refractivity contribution >= 4 is 12.0 Å². The molecule has 122 valence electrons. The second-order valence-corrected chi connectivity index (χ2v) is 6.48. The van der Waals surface area contributed by atoms with Gasteiger partial charge in [0.25, 0.3) is 0 Å². The van der Waals surface area contributed by atoms with Gasteiger partial charge in [-0.2, -0.15) is 0 Å². The van der Waals surface area contributed by atoms with Gasteiger partial charge in [0.15, 0.2) is 0 Å². The van der Waals surface area contributed by atoms with Crippen LogP contribution in [0.15, 0.2) is 0 Å². The summed E-state index contributed by atoms with van der Waals surface area (Å²) in [5.74, 6) is 0.364. The molecule has 0 bridgehead atoms. The lowest BCUT2D eigenvalue weighted by atomic mass is 9.89. The highest BCUT2D eigenvalue weighted by Gasteiger charge is 2.28. The fourth-order valence-corrected chi connectivity index (χ4v) is 2.94. The average molecular weight is 298 g/mol. The minimum atomic E-state index is -0.946. The number of hydrogen-bond donors (Lipinski definition) is 1. The third kappa shape index (κ3) is 5.21. The van der Waals surface area contributed by atoms with E-state index >= 15 is 0 Å². The highest BCUT2D eigenvalue weighted by Crippen LogP contribution is 2.25. The van der Waals surface area contributed by atoms with E-state index in [2.05, 4.69) is 13.8 Å². The Hall–Kier alpha value is -1.26. The fourth-order valence-electron chi connectivity index (χ4n) is 2.94. The number of carbonyl (C=O) groups excluding carboxylic acids is 1. The van der Waals surface area contributed by atoms with Crippen LogP contribution in [0.5, 0.6) is 0 Å². The zero-order valence-electron chi connectivity index (χ0n) is 13.8. The first kappa shape index (κ1) is 17.8. The molecule has 0 aromatic heterocycles. The van der Waals surface area contributed by atoms with Gasteiger partial charge in [-0.25, -0.2) is 4.79 Å². The van der Waals surface area contributed by atoms with Crippen LogP contribution in [0.3, 0.4) is 0 Å². The summed E-state index contributed by atoms with van der Waals surface area (Å²) in [6.07, 6.45) is 3.95. The van der Waals surface area contributed by atoms with Gasteiger partial charge in [0.2, 0.25) is 0 Å². The number of amides is 2. The number of likely N-dealkylation sites (tertiary alicyclic amines) is 1. The molecule has 1 rings (SSSR count).